The molecule has 122 valence electrons. The molecule has 2 heterocycles. The summed E-state index contributed by atoms with van der Waals surface area (Å²) in [5.41, 5.74) is 1.83. The fraction of sp³-hybridized carbons (Fsp3) is 0.524. The van der Waals surface area contributed by atoms with Crippen molar-refractivity contribution in [3.8, 4) is 0 Å². The topological polar surface area (TPSA) is 3.24 Å². The molecular formula is C21H27NS. The number of rotatable bonds is 3. The number of piperidine rings is 1. The molecule has 2 aliphatic rings. The third kappa shape index (κ3) is 2.88. The van der Waals surface area contributed by atoms with E-state index in [2.05, 4.69) is 52.7 Å². The summed E-state index contributed by atoms with van der Waals surface area (Å²) in [7, 11) is 0. The van der Waals surface area contributed by atoms with Gasteiger partial charge in [-0.15, -0.1) is 11.3 Å². The maximum absolute atomic E-state index is 2.90. The third-order valence-corrected chi connectivity index (χ3v) is 6.89. The molecule has 1 saturated carbocycles. The Morgan fingerprint density at radius 1 is 0.870 bits per heavy atom. The first kappa shape index (κ1) is 15.4. The van der Waals surface area contributed by atoms with Gasteiger partial charge in [0, 0.05) is 16.5 Å². The first-order valence-corrected chi connectivity index (χ1v) is 10.1. The zero-order valence-corrected chi connectivity index (χ0v) is 14.7. The SMILES string of the molecule is c1ccc(C2(N3CCCCC3c3cccs3)CCCCC2)cc1. The van der Waals surface area contributed by atoms with Gasteiger partial charge in [-0.25, -0.2) is 0 Å². The molecule has 2 fully saturated rings. The second-order valence-corrected chi connectivity index (χ2v) is 8.16. The van der Waals surface area contributed by atoms with Crippen LogP contribution in [0.5, 0.6) is 0 Å². The highest BCUT2D eigenvalue weighted by Gasteiger charge is 2.43. The van der Waals surface area contributed by atoms with Gasteiger partial charge in [0.1, 0.15) is 0 Å². The highest BCUT2D eigenvalue weighted by atomic mass is 32.1. The van der Waals surface area contributed by atoms with Gasteiger partial charge >= 0.3 is 0 Å². The van der Waals surface area contributed by atoms with Crippen molar-refractivity contribution >= 4 is 11.3 Å². The molecule has 0 N–H and O–H groups in total. The molecule has 4 rings (SSSR count). The van der Waals surface area contributed by atoms with E-state index in [1.807, 2.05) is 11.3 Å². The van der Waals surface area contributed by atoms with Crippen molar-refractivity contribution in [1.82, 2.24) is 4.90 Å². The van der Waals surface area contributed by atoms with Crippen molar-refractivity contribution in [1.29, 1.82) is 0 Å². The van der Waals surface area contributed by atoms with Crippen LogP contribution >= 0.6 is 11.3 Å². The summed E-state index contributed by atoms with van der Waals surface area (Å²) in [4.78, 5) is 4.47. The van der Waals surface area contributed by atoms with E-state index < -0.39 is 0 Å². The van der Waals surface area contributed by atoms with Gasteiger partial charge in [0.15, 0.2) is 0 Å². The Labute approximate surface area is 144 Å². The molecule has 1 aliphatic heterocycles. The molecule has 1 aromatic heterocycles. The summed E-state index contributed by atoms with van der Waals surface area (Å²) in [5, 5.41) is 2.25. The van der Waals surface area contributed by atoms with Crippen LogP contribution in [0.1, 0.15) is 67.8 Å². The van der Waals surface area contributed by atoms with E-state index in [0.717, 1.165) is 0 Å². The lowest BCUT2D eigenvalue weighted by Gasteiger charge is -2.52. The van der Waals surface area contributed by atoms with Gasteiger partial charge in [0.25, 0.3) is 0 Å². The van der Waals surface area contributed by atoms with E-state index in [1.165, 1.54) is 57.9 Å². The van der Waals surface area contributed by atoms with Gasteiger partial charge in [-0.05, 0) is 49.2 Å². The van der Waals surface area contributed by atoms with Crippen LogP contribution in [0.3, 0.4) is 0 Å². The predicted octanol–water partition coefficient (Wildman–Crippen LogP) is 6.13. The van der Waals surface area contributed by atoms with Gasteiger partial charge < -0.3 is 0 Å². The summed E-state index contributed by atoms with van der Waals surface area (Å²) in [5.74, 6) is 0. The molecule has 0 bridgehead atoms. The summed E-state index contributed by atoms with van der Waals surface area (Å²) >= 11 is 1.95. The zero-order valence-electron chi connectivity index (χ0n) is 13.9. The predicted molar refractivity (Wildman–Crippen MR) is 98.8 cm³/mol. The minimum Gasteiger partial charge on any atom is -0.286 e. The second-order valence-electron chi connectivity index (χ2n) is 7.18. The van der Waals surface area contributed by atoms with Gasteiger partial charge in [-0.2, -0.15) is 0 Å². The van der Waals surface area contributed by atoms with Crippen molar-refractivity contribution in [2.24, 2.45) is 0 Å². The first-order valence-electron chi connectivity index (χ1n) is 9.26. The molecule has 1 aliphatic carbocycles. The standard InChI is InChI=1S/C21H27NS/c1-3-10-18(11-4-1)21(14-6-2-7-15-21)22-16-8-5-12-19(22)20-13-9-17-23-20/h1,3-4,9-11,13,17,19H,2,5-8,12,14-16H2. The van der Waals surface area contributed by atoms with Crippen LogP contribution in [-0.2, 0) is 5.54 Å². The van der Waals surface area contributed by atoms with E-state index in [1.54, 1.807) is 10.4 Å². The van der Waals surface area contributed by atoms with Crippen LogP contribution in [-0.4, -0.2) is 11.4 Å². The number of hydrogen-bond acceptors (Lipinski definition) is 2. The van der Waals surface area contributed by atoms with Crippen LogP contribution in [0.4, 0.5) is 0 Å². The molecule has 2 heteroatoms. The van der Waals surface area contributed by atoms with Crippen LogP contribution in [0, 0.1) is 0 Å². The van der Waals surface area contributed by atoms with Crippen molar-refractivity contribution in [2.75, 3.05) is 6.54 Å². The number of nitrogens with zero attached hydrogens (tertiary/aromatic N) is 1. The van der Waals surface area contributed by atoms with E-state index in [4.69, 9.17) is 0 Å². The molecule has 1 nitrogen and oxygen atoms in total. The molecule has 0 spiro atoms. The average molecular weight is 326 g/mol. The molecule has 1 atom stereocenters. The maximum Gasteiger partial charge on any atom is 0.0467 e. The Hall–Kier alpha value is -1.12. The van der Waals surface area contributed by atoms with Crippen molar-refractivity contribution in [3.63, 3.8) is 0 Å². The fourth-order valence-electron chi connectivity index (χ4n) is 4.85. The van der Waals surface area contributed by atoms with Gasteiger partial charge in [-0.1, -0.05) is 62.1 Å². The minimum absolute atomic E-state index is 0.272. The normalized spacial score (nSPS) is 25.3. The Morgan fingerprint density at radius 3 is 2.43 bits per heavy atom. The van der Waals surface area contributed by atoms with Crippen molar-refractivity contribution in [3.05, 3.63) is 58.3 Å². The molecule has 2 aromatic rings. The highest BCUT2D eigenvalue weighted by molar-refractivity contribution is 7.10. The molecule has 1 saturated heterocycles. The van der Waals surface area contributed by atoms with Crippen LogP contribution in [0.2, 0.25) is 0 Å². The Bertz CT molecular complexity index is 598. The third-order valence-electron chi connectivity index (χ3n) is 5.92. The summed E-state index contributed by atoms with van der Waals surface area (Å²) in [6.07, 6.45) is 10.9. The monoisotopic (exact) mass is 325 g/mol. The van der Waals surface area contributed by atoms with Crippen LogP contribution < -0.4 is 0 Å². The van der Waals surface area contributed by atoms with Crippen LogP contribution in [0.25, 0.3) is 0 Å². The summed E-state index contributed by atoms with van der Waals surface area (Å²) in [6.45, 7) is 1.26. The Kier molecular flexibility index (Phi) is 4.54. The van der Waals surface area contributed by atoms with Gasteiger partial charge in [-0.3, -0.25) is 4.90 Å². The summed E-state index contributed by atoms with van der Waals surface area (Å²) in [6, 6.07) is 16.6. The number of thiophene rings is 1. The molecule has 1 aromatic carbocycles. The first-order chi connectivity index (χ1) is 11.4. The smallest absolute Gasteiger partial charge is 0.0467 e. The number of likely N-dealkylation sites (tertiary alicyclic amines) is 1. The van der Waals surface area contributed by atoms with Gasteiger partial charge in [0.2, 0.25) is 0 Å². The highest BCUT2D eigenvalue weighted by Crippen LogP contribution is 2.49. The van der Waals surface area contributed by atoms with Crippen LogP contribution in [0.15, 0.2) is 47.8 Å². The lowest BCUT2D eigenvalue weighted by Crippen LogP contribution is -2.51. The molecular weight excluding hydrogens is 298 g/mol. The lowest BCUT2D eigenvalue weighted by atomic mass is 9.73. The molecule has 23 heavy (non-hydrogen) atoms. The van der Waals surface area contributed by atoms with E-state index in [-0.39, 0.29) is 5.54 Å². The maximum atomic E-state index is 2.90. The quantitative estimate of drug-likeness (QED) is 0.655. The average Bonchev–Trinajstić information content (AvgIpc) is 3.18. The van der Waals surface area contributed by atoms with E-state index in [0.29, 0.717) is 6.04 Å². The van der Waals surface area contributed by atoms with Gasteiger partial charge in [0.05, 0.1) is 0 Å². The number of benzene rings is 1. The van der Waals surface area contributed by atoms with E-state index >= 15 is 0 Å². The zero-order chi connectivity index (χ0) is 15.5. The fourth-order valence-corrected chi connectivity index (χ4v) is 5.72. The van der Waals surface area contributed by atoms with Crippen molar-refractivity contribution < 1.29 is 0 Å². The minimum atomic E-state index is 0.272. The lowest BCUT2D eigenvalue weighted by molar-refractivity contribution is -0.0125. The molecule has 0 amide bonds. The number of hydrogen-bond donors (Lipinski definition) is 0. The molecule has 0 radical (unpaired) electrons. The second kappa shape index (κ2) is 6.78. The molecule has 1 unspecified atom stereocenters. The van der Waals surface area contributed by atoms with E-state index in [9.17, 15) is 0 Å². The van der Waals surface area contributed by atoms with Crippen molar-refractivity contribution in [2.45, 2.75) is 62.9 Å². The Balaban J connectivity index is 1.75. The Morgan fingerprint density at radius 2 is 1.70 bits per heavy atom. The largest absolute Gasteiger partial charge is 0.286 e. The summed E-state index contributed by atoms with van der Waals surface area (Å²) < 4.78 is 0.